The molecular weight excluding hydrogens is 294 g/mol. The predicted molar refractivity (Wildman–Crippen MR) is 86.2 cm³/mol. The van der Waals surface area contributed by atoms with Crippen molar-refractivity contribution in [2.45, 2.75) is 31.0 Å². The smallest absolute Gasteiger partial charge is 0.123 e. The molecule has 2 atom stereocenters. The maximum atomic E-state index is 13.3. The molecule has 23 heavy (non-hydrogen) atoms. The quantitative estimate of drug-likeness (QED) is 0.933. The van der Waals surface area contributed by atoms with Gasteiger partial charge in [0.15, 0.2) is 0 Å². The minimum absolute atomic E-state index is 0.0517. The van der Waals surface area contributed by atoms with Gasteiger partial charge in [-0.05, 0) is 48.2 Å². The zero-order chi connectivity index (χ0) is 15.8. The van der Waals surface area contributed by atoms with E-state index in [1.54, 1.807) is 0 Å². The van der Waals surface area contributed by atoms with Crippen molar-refractivity contribution in [1.82, 2.24) is 10.2 Å². The van der Waals surface area contributed by atoms with E-state index < -0.39 is 0 Å². The lowest BCUT2D eigenvalue weighted by Gasteiger charge is -2.41. The standard InChI is InChI=1S/C19H20F2N2/c20-15-5-1-13(2-6-15)19(14-3-7-16(21)8-4-14)23-17-9-10-18(23)12-22-11-17/h1-8,17-19,22H,9-12H2. The van der Waals surface area contributed by atoms with Crippen LogP contribution in [0.25, 0.3) is 0 Å². The number of fused-ring (bicyclic) bond motifs is 2. The fourth-order valence-corrected chi connectivity index (χ4v) is 4.06. The first kappa shape index (κ1) is 14.8. The van der Waals surface area contributed by atoms with Crippen molar-refractivity contribution >= 4 is 0 Å². The lowest BCUT2D eigenvalue weighted by atomic mass is 9.94. The molecule has 2 fully saturated rings. The molecule has 0 spiro atoms. The van der Waals surface area contributed by atoms with E-state index in [-0.39, 0.29) is 17.7 Å². The summed E-state index contributed by atoms with van der Waals surface area (Å²) in [6, 6.07) is 14.5. The van der Waals surface area contributed by atoms with E-state index in [1.807, 2.05) is 24.3 Å². The highest BCUT2D eigenvalue weighted by atomic mass is 19.1. The Bertz CT molecular complexity index is 607. The van der Waals surface area contributed by atoms with E-state index in [2.05, 4.69) is 10.2 Å². The third-order valence-corrected chi connectivity index (χ3v) is 5.11. The van der Waals surface area contributed by atoms with Gasteiger partial charge in [-0.25, -0.2) is 8.78 Å². The molecule has 2 aliphatic rings. The molecule has 0 aliphatic carbocycles. The monoisotopic (exact) mass is 314 g/mol. The van der Waals surface area contributed by atoms with Gasteiger partial charge >= 0.3 is 0 Å². The van der Waals surface area contributed by atoms with Crippen molar-refractivity contribution in [2.75, 3.05) is 13.1 Å². The molecule has 0 amide bonds. The molecule has 2 heterocycles. The van der Waals surface area contributed by atoms with Crippen LogP contribution in [0.3, 0.4) is 0 Å². The highest BCUT2D eigenvalue weighted by Gasteiger charge is 2.41. The van der Waals surface area contributed by atoms with Gasteiger partial charge in [0.2, 0.25) is 0 Å². The van der Waals surface area contributed by atoms with Crippen LogP contribution in [0.2, 0.25) is 0 Å². The fourth-order valence-electron chi connectivity index (χ4n) is 4.06. The van der Waals surface area contributed by atoms with Crippen molar-refractivity contribution < 1.29 is 8.78 Å². The average molecular weight is 314 g/mol. The molecule has 4 rings (SSSR count). The maximum Gasteiger partial charge on any atom is 0.123 e. The summed E-state index contributed by atoms with van der Waals surface area (Å²) in [5.41, 5.74) is 2.13. The van der Waals surface area contributed by atoms with Gasteiger partial charge in [0.1, 0.15) is 11.6 Å². The number of hydrogen-bond donors (Lipinski definition) is 1. The predicted octanol–water partition coefficient (Wildman–Crippen LogP) is 3.49. The number of benzene rings is 2. The number of nitrogens with one attached hydrogen (secondary N) is 1. The van der Waals surface area contributed by atoms with Crippen LogP contribution in [0, 0.1) is 11.6 Å². The van der Waals surface area contributed by atoms with E-state index in [0.29, 0.717) is 12.1 Å². The van der Waals surface area contributed by atoms with Crippen LogP contribution >= 0.6 is 0 Å². The van der Waals surface area contributed by atoms with Gasteiger partial charge in [-0.3, -0.25) is 4.90 Å². The summed E-state index contributed by atoms with van der Waals surface area (Å²) in [6.45, 7) is 1.96. The van der Waals surface area contributed by atoms with Crippen molar-refractivity contribution in [1.29, 1.82) is 0 Å². The number of piperazine rings is 1. The molecule has 0 aromatic heterocycles. The SMILES string of the molecule is Fc1ccc(C(c2ccc(F)cc2)N2C3CCC2CNC3)cc1. The topological polar surface area (TPSA) is 15.3 Å². The molecule has 120 valence electrons. The lowest BCUT2D eigenvalue weighted by molar-refractivity contribution is 0.117. The zero-order valence-electron chi connectivity index (χ0n) is 12.9. The van der Waals surface area contributed by atoms with Crippen LogP contribution in [-0.4, -0.2) is 30.1 Å². The average Bonchev–Trinajstić information content (AvgIpc) is 2.80. The molecule has 2 aliphatic heterocycles. The maximum absolute atomic E-state index is 13.3. The van der Waals surface area contributed by atoms with Gasteiger partial charge in [0.25, 0.3) is 0 Å². The van der Waals surface area contributed by atoms with Gasteiger partial charge < -0.3 is 5.32 Å². The van der Waals surface area contributed by atoms with Gasteiger partial charge in [0, 0.05) is 25.2 Å². The summed E-state index contributed by atoms with van der Waals surface area (Å²) in [7, 11) is 0. The normalized spacial score (nSPS) is 24.3. The molecule has 2 nitrogen and oxygen atoms in total. The first-order chi connectivity index (χ1) is 11.2. The highest BCUT2D eigenvalue weighted by molar-refractivity contribution is 5.33. The minimum Gasteiger partial charge on any atom is -0.314 e. The van der Waals surface area contributed by atoms with E-state index in [4.69, 9.17) is 0 Å². The van der Waals surface area contributed by atoms with E-state index in [9.17, 15) is 8.78 Å². The largest absolute Gasteiger partial charge is 0.314 e. The van der Waals surface area contributed by atoms with Crippen molar-refractivity contribution in [3.63, 3.8) is 0 Å². The Morgan fingerprint density at radius 2 is 1.22 bits per heavy atom. The Morgan fingerprint density at radius 3 is 1.65 bits per heavy atom. The van der Waals surface area contributed by atoms with Crippen LogP contribution in [0.5, 0.6) is 0 Å². The van der Waals surface area contributed by atoms with Crippen molar-refractivity contribution in [2.24, 2.45) is 0 Å². The summed E-state index contributed by atoms with van der Waals surface area (Å²) < 4.78 is 26.7. The molecule has 2 aromatic carbocycles. The summed E-state index contributed by atoms with van der Waals surface area (Å²) in [5.74, 6) is -0.454. The molecule has 2 bridgehead atoms. The molecule has 1 N–H and O–H groups in total. The van der Waals surface area contributed by atoms with Gasteiger partial charge in [-0.1, -0.05) is 24.3 Å². The van der Waals surface area contributed by atoms with Crippen LogP contribution in [0.1, 0.15) is 30.0 Å². The van der Waals surface area contributed by atoms with E-state index in [1.165, 1.54) is 37.1 Å². The lowest BCUT2D eigenvalue weighted by Crippen LogP contribution is -2.53. The number of rotatable bonds is 3. The van der Waals surface area contributed by atoms with Gasteiger partial charge in [-0.2, -0.15) is 0 Å². The van der Waals surface area contributed by atoms with Crippen LogP contribution in [-0.2, 0) is 0 Å². The molecule has 2 unspecified atom stereocenters. The van der Waals surface area contributed by atoms with Gasteiger partial charge in [0.05, 0.1) is 6.04 Å². The summed E-state index contributed by atoms with van der Waals surface area (Å²) in [5, 5.41) is 3.49. The van der Waals surface area contributed by atoms with E-state index >= 15 is 0 Å². The summed E-state index contributed by atoms with van der Waals surface area (Å²) in [4.78, 5) is 2.54. The third-order valence-electron chi connectivity index (χ3n) is 5.11. The van der Waals surface area contributed by atoms with Crippen molar-refractivity contribution in [3.8, 4) is 0 Å². The Hall–Kier alpha value is -1.78. The summed E-state index contributed by atoms with van der Waals surface area (Å²) >= 11 is 0. The zero-order valence-corrected chi connectivity index (χ0v) is 12.9. The molecular formula is C19H20F2N2. The van der Waals surface area contributed by atoms with Gasteiger partial charge in [-0.15, -0.1) is 0 Å². The third kappa shape index (κ3) is 2.77. The molecule has 0 radical (unpaired) electrons. The Morgan fingerprint density at radius 1 is 0.783 bits per heavy atom. The molecule has 0 saturated carbocycles. The number of hydrogen-bond acceptors (Lipinski definition) is 2. The second-order valence-corrected chi connectivity index (χ2v) is 6.50. The van der Waals surface area contributed by atoms with Crippen molar-refractivity contribution in [3.05, 3.63) is 71.3 Å². The molecule has 4 heteroatoms. The first-order valence-corrected chi connectivity index (χ1v) is 8.21. The van der Waals surface area contributed by atoms with Crippen LogP contribution < -0.4 is 5.32 Å². The Labute approximate surface area is 135 Å². The fraction of sp³-hybridized carbons (Fsp3) is 0.368. The number of halogens is 2. The molecule has 2 saturated heterocycles. The molecule has 2 aromatic rings. The summed E-state index contributed by atoms with van der Waals surface area (Å²) in [6.07, 6.45) is 2.35. The highest BCUT2D eigenvalue weighted by Crippen LogP contribution is 2.39. The second kappa shape index (κ2) is 6.02. The first-order valence-electron chi connectivity index (χ1n) is 8.21. The van der Waals surface area contributed by atoms with Crippen LogP contribution in [0.15, 0.2) is 48.5 Å². The second-order valence-electron chi connectivity index (χ2n) is 6.50. The minimum atomic E-state index is -0.227. The Kier molecular flexibility index (Phi) is 3.87. The Balaban J connectivity index is 1.77. The van der Waals surface area contributed by atoms with Crippen LogP contribution in [0.4, 0.5) is 8.78 Å². The number of nitrogens with zero attached hydrogens (tertiary/aromatic N) is 1. The van der Waals surface area contributed by atoms with E-state index in [0.717, 1.165) is 24.2 Å².